The lowest BCUT2D eigenvalue weighted by atomic mass is 9.85. The largest absolute Gasteiger partial charge is 0.265 e. The lowest BCUT2D eigenvalue weighted by Crippen LogP contribution is -1.97. The molecule has 0 spiro atoms. The first-order valence-corrected chi connectivity index (χ1v) is 18.1. The van der Waals surface area contributed by atoms with Gasteiger partial charge in [-0.3, -0.25) is 9.97 Å². The van der Waals surface area contributed by atoms with Crippen LogP contribution in [0, 0.1) is 0 Å². The molecule has 0 amide bonds. The molecule has 0 N–H and O–H groups in total. The summed E-state index contributed by atoms with van der Waals surface area (Å²) in [5, 5.41) is 5.93. The molecule has 0 unspecified atom stereocenters. The molecule has 252 valence electrons. The second-order valence-corrected chi connectivity index (χ2v) is 13.5. The zero-order valence-corrected chi connectivity index (χ0v) is 29.3. The van der Waals surface area contributed by atoms with Crippen LogP contribution >= 0.6 is 0 Å². The van der Waals surface area contributed by atoms with E-state index in [-0.39, 0.29) is 0 Å². The molecule has 10 rings (SSSR count). The Balaban J connectivity index is 1.16. The molecular formula is C50H32N4. The summed E-state index contributed by atoms with van der Waals surface area (Å²) in [5.41, 5.74) is 12.5. The Morgan fingerprint density at radius 1 is 0.333 bits per heavy atom. The van der Waals surface area contributed by atoms with Gasteiger partial charge in [0.15, 0.2) is 5.82 Å². The molecular weight excluding hydrogens is 657 g/mol. The van der Waals surface area contributed by atoms with Gasteiger partial charge in [-0.2, -0.15) is 0 Å². The quantitative estimate of drug-likeness (QED) is 0.163. The van der Waals surface area contributed by atoms with Crippen LogP contribution in [0.5, 0.6) is 0 Å². The number of hydrogen-bond donors (Lipinski definition) is 0. The number of fused-ring (bicyclic) bond motifs is 3. The molecule has 7 aromatic carbocycles. The minimum absolute atomic E-state index is 0.658. The smallest absolute Gasteiger partial charge is 0.160 e. The maximum absolute atomic E-state index is 5.24. The minimum atomic E-state index is 0.658. The van der Waals surface area contributed by atoms with Gasteiger partial charge in [0, 0.05) is 40.7 Å². The number of benzene rings is 7. The van der Waals surface area contributed by atoms with Crippen molar-refractivity contribution in [1.82, 2.24) is 19.9 Å². The number of rotatable bonds is 6. The van der Waals surface area contributed by atoms with E-state index in [2.05, 4.69) is 151 Å². The van der Waals surface area contributed by atoms with Crippen molar-refractivity contribution in [3.05, 3.63) is 195 Å². The van der Waals surface area contributed by atoms with Gasteiger partial charge in [0.2, 0.25) is 0 Å². The standard InChI is InChI=1S/C50H32N4/c1-2-11-36(12-3-1)48-41-16-5-7-18-43(41)49(44-19-8-6-17-42(44)48)38-14-10-15-39(30-38)50-53-46(35-23-21-33(22-24-35)34-25-27-51-28-26-34)31-47(54-50)40-29-37-13-4-9-20-45(37)52-32-40/h1-32H. The second-order valence-electron chi connectivity index (χ2n) is 13.5. The lowest BCUT2D eigenvalue weighted by Gasteiger charge is -2.18. The number of aromatic nitrogens is 4. The van der Waals surface area contributed by atoms with Crippen LogP contribution in [0.2, 0.25) is 0 Å². The van der Waals surface area contributed by atoms with Crippen LogP contribution in [0.1, 0.15) is 0 Å². The summed E-state index contributed by atoms with van der Waals surface area (Å²) in [6, 6.07) is 61.9. The molecule has 3 heterocycles. The molecule has 4 heteroatoms. The van der Waals surface area contributed by atoms with E-state index < -0.39 is 0 Å². The molecule has 3 aromatic heterocycles. The van der Waals surface area contributed by atoms with Gasteiger partial charge in [-0.25, -0.2) is 9.97 Å². The average molecular weight is 689 g/mol. The molecule has 4 nitrogen and oxygen atoms in total. The maximum Gasteiger partial charge on any atom is 0.160 e. The van der Waals surface area contributed by atoms with E-state index in [0.717, 1.165) is 55.7 Å². The van der Waals surface area contributed by atoms with Crippen LogP contribution in [0.4, 0.5) is 0 Å². The third-order valence-electron chi connectivity index (χ3n) is 10.2. The Morgan fingerprint density at radius 3 is 1.57 bits per heavy atom. The highest BCUT2D eigenvalue weighted by molar-refractivity contribution is 6.21. The van der Waals surface area contributed by atoms with Crippen LogP contribution in [0.25, 0.3) is 99.7 Å². The predicted octanol–water partition coefficient (Wildman–Crippen LogP) is 12.7. The fraction of sp³-hybridized carbons (Fsp3) is 0. The van der Waals surface area contributed by atoms with Crippen molar-refractivity contribution >= 4 is 32.4 Å². The van der Waals surface area contributed by atoms with Gasteiger partial charge < -0.3 is 0 Å². The molecule has 0 radical (unpaired) electrons. The number of para-hydroxylation sites is 1. The molecule has 0 aliphatic carbocycles. The Bertz CT molecular complexity index is 2920. The molecule has 54 heavy (non-hydrogen) atoms. The number of hydrogen-bond acceptors (Lipinski definition) is 4. The first-order valence-electron chi connectivity index (χ1n) is 18.1. The van der Waals surface area contributed by atoms with Crippen molar-refractivity contribution in [3.63, 3.8) is 0 Å². The van der Waals surface area contributed by atoms with E-state index in [1.165, 1.54) is 38.2 Å². The summed E-state index contributed by atoms with van der Waals surface area (Å²) >= 11 is 0. The normalized spacial score (nSPS) is 11.3. The van der Waals surface area contributed by atoms with E-state index in [4.69, 9.17) is 15.0 Å². The van der Waals surface area contributed by atoms with Crippen molar-refractivity contribution in [2.45, 2.75) is 0 Å². The highest BCUT2D eigenvalue weighted by atomic mass is 14.9. The predicted molar refractivity (Wildman–Crippen MR) is 223 cm³/mol. The molecule has 0 aliphatic rings. The second kappa shape index (κ2) is 13.4. The molecule has 0 aliphatic heterocycles. The van der Waals surface area contributed by atoms with Gasteiger partial charge in [-0.15, -0.1) is 0 Å². The number of pyridine rings is 2. The third kappa shape index (κ3) is 5.67. The molecule has 0 bridgehead atoms. The van der Waals surface area contributed by atoms with Gasteiger partial charge >= 0.3 is 0 Å². The van der Waals surface area contributed by atoms with Crippen LogP contribution in [-0.2, 0) is 0 Å². The highest BCUT2D eigenvalue weighted by Gasteiger charge is 2.18. The molecule has 0 fully saturated rings. The van der Waals surface area contributed by atoms with Gasteiger partial charge in [0.05, 0.1) is 16.9 Å². The summed E-state index contributed by atoms with van der Waals surface area (Å²) in [7, 11) is 0. The summed E-state index contributed by atoms with van der Waals surface area (Å²) in [6.45, 7) is 0. The molecule has 0 saturated heterocycles. The SMILES string of the molecule is c1ccc(-c2c3ccccc3c(-c3cccc(-c4nc(-c5ccc(-c6ccncc6)cc5)cc(-c5cnc6ccccc6c5)n4)c3)c3ccccc23)cc1. The van der Waals surface area contributed by atoms with E-state index in [9.17, 15) is 0 Å². The van der Waals surface area contributed by atoms with Crippen LogP contribution in [0.15, 0.2) is 195 Å². The van der Waals surface area contributed by atoms with Crippen LogP contribution < -0.4 is 0 Å². The fourth-order valence-electron chi connectivity index (χ4n) is 7.63. The van der Waals surface area contributed by atoms with E-state index >= 15 is 0 Å². The van der Waals surface area contributed by atoms with E-state index in [0.29, 0.717) is 5.82 Å². The van der Waals surface area contributed by atoms with Crippen molar-refractivity contribution in [2.24, 2.45) is 0 Å². The van der Waals surface area contributed by atoms with Crippen LogP contribution in [0.3, 0.4) is 0 Å². The summed E-state index contributed by atoms with van der Waals surface area (Å²) < 4.78 is 0. The molecule has 0 saturated carbocycles. The first-order chi connectivity index (χ1) is 26.8. The van der Waals surface area contributed by atoms with Gasteiger partial charge in [0.1, 0.15) is 0 Å². The monoisotopic (exact) mass is 688 g/mol. The molecule has 10 aromatic rings. The van der Waals surface area contributed by atoms with E-state index in [1.807, 2.05) is 48.9 Å². The summed E-state index contributed by atoms with van der Waals surface area (Å²) in [6.07, 6.45) is 5.55. The lowest BCUT2D eigenvalue weighted by molar-refractivity contribution is 1.18. The Morgan fingerprint density at radius 2 is 0.870 bits per heavy atom. The van der Waals surface area contributed by atoms with Crippen molar-refractivity contribution in [3.8, 4) is 67.3 Å². The Labute approximate surface area is 313 Å². The Hall–Kier alpha value is -7.30. The summed E-state index contributed by atoms with van der Waals surface area (Å²) in [4.78, 5) is 19.4. The van der Waals surface area contributed by atoms with Crippen molar-refractivity contribution < 1.29 is 0 Å². The van der Waals surface area contributed by atoms with Gasteiger partial charge in [-0.1, -0.05) is 140 Å². The molecule has 0 atom stereocenters. The first kappa shape index (κ1) is 31.4. The zero-order valence-electron chi connectivity index (χ0n) is 29.3. The van der Waals surface area contributed by atoms with Crippen LogP contribution in [-0.4, -0.2) is 19.9 Å². The maximum atomic E-state index is 5.24. The minimum Gasteiger partial charge on any atom is -0.265 e. The number of nitrogens with zero attached hydrogens (tertiary/aromatic N) is 4. The summed E-state index contributed by atoms with van der Waals surface area (Å²) in [5.74, 6) is 0.658. The van der Waals surface area contributed by atoms with Gasteiger partial charge in [-0.05, 0) is 91.3 Å². The Kier molecular flexibility index (Phi) is 7.77. The topological polar surface area (TPSA) is 51.6 Å². The van der Waals surface area contributed by atoms with Crippen molar-refractivity contribution in [2.75, 3.05) is 0 Å². The third-order valence-corrected chi connectivity index (χ3v) is 10.2. The van der Waals surface area contributed by atoms with E-state index in [1.54, 1.807) is 0 Å². The van der Waals surface area contributed by atoms with Gasteiger partial charge in [0.25, 0.3) is 0 Å². The zero-order chi connectivity index (χ0) is 35.8. The van der Waals surface area contributed by atoms with Crippen molar-refractivity contribution in [1.29, 1.82) is 0 Å². The highest BCUT2D eigenvalue weighted by Crippen LogP contribution is 2.44. The fourth-order valence-corrected chi connectivity index (χ4v) is 7.63. The average Bonchev–Trinajstić information content (AvgIpc) is 3.26.